The van der Waals surface area contributed by atoms with Crippen LogP contribution in [0.4, 0.5) is 0 Å². The number of rotatable bonds is 12. The fraction of sp³-hybridized carbons (Fsp3) is 0.333. The Bertz CT molecular complexity index is 1170. The smallest absolute Gasteiger partial charge is 0.305 e. The largest absolute Gasteiger partial charge is 0.469 e. The van der Waals surface area contributed by atoms with E-state index in [0.29, 0.717) is 19.3 Å². The van der Waals surface area contributed by atoms with E-state index in [4.69, 9.17) is 16.3 Å². The van der Waals surface area contributed by atoms with Gasteiger partial charge in [0.15, 0.2) is 0 Å². The van der Waals surface area contributed by atoms with Gasteiger partial charge in [-0.3, -0.25) is 9.78 Å². The summed E-state index contributed by atoms with van der Waals surface area (Å²) in [5.74, 6) is -0.281. The Kier molecular flexibility index (Phi) is 9.83. The third kappa shape index (κ3) is 7.88. The number of hydrogen-bond acceptors (Lipinski definition) is 5. The number of esters is 1. The highest BCUT2D eigenvalue weighted by atomic mass is 35.5. The second kappa shape index (κ2) is 12.8. The highest BCUT2D eigenvalue weighted by Crippen LogP contribution is 2.32. The van der Waals surface area contributed by atoms with Gasteiger partial charge < -0.3 is 4.74 Å². The molecule has 2 aromatic carbocycles. The number of ether oxygens (including phenoxy) is 1. The van der Waals surface area contributed by atoms with Crippen LogP contribution in [-0.2, 0) is 26.0 Å². The van der Waals surface area contributed by atoms with E-state index in [1.165, 1.54) is 7.11 Å². The highest BCUT2D eigenvalue weighted by Gasteiger charge is 2.27. The fourth-order valence-corrected chi connectivity index (χ4v) is 5.66. The lowest BCUT2D eigenvalue weighted by Gasteiger charge is -2.25. The van der Waals surface area contributed by atoms with Crippen LogP contribution < -0.4 is 4.72 Å². The van der Waals surface area contributed by atoms with Crippen molar-refractivity contribution >= 4 is 27.6 Å². The molecule has 0 amide bonds. The molecule has 8 heteroatoms. The average molecular weight is 515 g/mol. The number of aryl methyl sites for hydroxylation is 1. The number of pyridine rings is 1. The van der Waals surface area contributed by atoms with Crippen molar-refractivity contribution in [3.8, 4) is 0 Å². The molecule has 0 aliphatic rings. The quantitative estimate of drug-likeness (QED) is 0.199. The number of hydrogen-bond donors (Lipinski definition) is 1. The van der Waals surface area contributed by atoms with Crippen LogP contribution in [0.25, 0.3) is 0 Å². The van der Waals surface area contributed by atoms with Crippen molar-refractivity contribution in [2.45, 2.75) is 54.8 Å². The standard InChI is InChI=1S/C27H31ClN2O4S/c1-20(23-7-6-18-29-19-23)10-16-25(22-14-11-21(12-15-22)13-17-26(31)34-2)27(28)30-35(32,33)24-8-4-3-5-9-24/h3-9,11-12,14-15,18-20,25,27,30H,10,13,16-17H2,1-2H3. The zero-order valence-corrected chi connectivity index (χ0v) is 21.5. The normalized spacial score (nSPS) is 14.1. The van der Waals surface area contributed by atoms with Crippen molar-refractivity contribution in [3.63, 3.8) is 0 Å². The zero-order valence-electron chi connectivity index (χ0n) is 19.9. The number of alkyl halides is 1. The van der Waals surface area contributed by atoms with E-state index in [2.05, 4.69) is 16.6 Å². The Morgan fingerprint density at radius 2 is 1.71 bits per heavy atom. The van der Waals surface area contributed by atoms with Gasteiger partial charge in [0, 0.05) is 24.7 Å². The van der Waals surface area contributed by atoms with Gasteiger partial charge in [-0.1, -0.05) is 55.5 Å². The van der Waals surface area contributed by atoms with E-state index in [-0.39, 0.29) is 22.7 Å². The molecule has 0 saturated heterocycles. The first kappa shape index (κ1) is 26.9. The Balaban J connectivity index is 1.78. The van der Waals surface area contributed by atoms with Gasteiger partial charge in [-0.25, -0.2) is 8.42 Å². The molecule has 3 atom stereocenters. The second-order valence-corrected chi connectivity index (χ2v) is 10.7. The Morgan fingerprint density at radius 3 is 2.34 bits per heavy atom. The van der Waals surface area contributed by atoms with Crippen LogP contribution >= 0.6 is 11.6 Å². The molecule has 0 aliphatic heterocycles. The average Bonchev–Trinajstić information content (AvgIpc) is 2.88. The first-order valence-corrected chi connectivity index (χ1v) is 13.5. The zero-order chi connectivity index (χ0) is 25.3. The van der Waals surface area contributed by atoms with Gasteiger partial charge in [0.2, 0.25) is 10.0 Å². The van der Waals surface area contributed by atoms with Crippen molar-refractivity contribution in [2.75, 3.05) is 7.11 Å². The SMILES string of the molecule is COC(=O)CCc1ccc(C(CCC(C)c2cccnc2)C(Cl)NS(=O)(=O)c2ccccc2)cc1. The third-order valence-electron chi connectivity index (χ3n) is 6.09. The van der Waals surface area contributed by atoms with Gasteiger partial charge in [-0.15, -0.1) is 11.6 Å². The molecular weight excluding hydrogens is 484 g/mol. The molecule has 186 valence electrons. The number of aromatic nitrogens is 1. The van der Waals surface area contributed by atoms with Crippen molar-refractivity contribution < 1.29 is 17.9 Å². The molecule has 0 aliphatic carbocycles. The fourth-order valence-electron chi connectivity index (χ4n) is 3.92. The van der Waals surface area contributed by atoms with Crippen LogP contribution in [0, 0.1) is 0 Å². The van der Waals surface area contributed by atoms with E-state index in [1.54, 1.807) is 36.5 Å². The molecule has 1 N–H and O–H groups in total. The summed E-state index contributed by atoms with van der Waals surface area (Å²) in [6.07, 6.45) is 5.94. The van der Waals surface area contributed by atoms with Crippen molar-refractivity contribution in [1.82, 2.24) is 9.71 Å². The number of carbonyl (C=O) groups is 1. The topological polar surface area (TPSA) is 85.4 Å². The first-order valence-electron chi connectivity index (χ1n) is 11.6. The maximum atomic E-state index is 12.9. The van der Waals surface area contributed by atoms with Crippen LogP contribution in [0.1, 0.15) is 54.7 Å². The minimum absolute atomic E-state index is 0.172. The molecule has 0 bridgehead atoms. The maximum Gasteiger partial charge on any atom is 0.305 e. The van der Waals surface area contributed by atoms with Crippen molar-refractivity contribution in [1.29, 1.82) is 0 Å². The summed E-state index contributed by atoms with van der Waals surface area (Å²) in [6, 6.07) is 20.0. The van der Waals surface area contributed by atoms with Gasteiger partial charge in [0.25, 0.3) is 0 Å². The van der Waals surface area contributed by atoms with E-state index >= 15 is 0 Å². The lowest BCUT2D eigenvalue weighted by Crippen LogP contribution is -2.35. The van der Waals surface area contributed by atoms with E-state index in [1.807, 2.05) is 42.6 Å². The van der Waals surface area contributed by atoms with Gasteiger partial charge in [-0.2, -0.15) is 4.72 Å². The molecular formula is C27H31ClN2O4S. The van der Waals surface area contributed by atoms with Gasteiger partial charge in [-0.05, 0) is 60.1 Å². The number of benzene rings is 2. The molecule has 0 spiro atoms. The lowest BCUT2D eigenvalue weighted by molar-refractivity contribution is -0.140. The molecule has 3 aromatic rings. The Hall–Kier alpha value is -2.74. The van der Waals surface area contributed by atoms with Gasteiger partial charge in [0.1, 0.15) is 5.50 Å². The van der Waals surface area contributed by atoms with Gasteiger partial charge in [0.05, 0.1) is 12.0 Å². The monoisotopic (exact) mass is 514 g/mol. The summed E-state index contributed by atoms with van der Waals surface area (Å²) in [7, 11) is -2.40. The predicted molar refractivity (Wildman–Crippen MR) is 138 cm³/mol. The Morgan fingerprint density at radius 1 is 1.00 bits per heavy atom. The number of halogens is 1. The van der Waals surface area contributed by atoms with Crippen molar-refractivity contribution in [2.24, 2.45) is 0 Å². The number of nitrogens with zero attached hydrogens (tertiary/aromatic N) is 1. The maximum absolute atomic E-state index is 12.9. The molecule has 0 fully saturated rings. The van der Waals surface area contributed by atoms with Crippen LogP contribution in [0.3, 0.4) is 0 Å². The van der Waals surface area contributed by atoms with Crippen LogP contribution in [-0.4, -0.2) is 32.0 Å². The summed E-state index contributed by atoms with van der Waals surface area (Å²) in [5.41, 5.74) is 2.21. The summed E-state index contributed by atoms with van der Waals surface area (Å²) in [6.45, 7) is 2.13. The molecule has 1 heterocycles. The number of methoxy groups -OCH3 is 1. The lowest BCUT2D eigenvalue weighted by atomic mass is 9.88. The molecule has 35 heavy (non-hydrogen) atoms. The third-order valence-corrected chi connectivity index (χ3v) is 8.09. The van der Waals surface area contributed by atoms with E-state index in [9.17, 15) is 13.2 Å². The number of nitrogens with one attached hydrogen (secondary N) is 1. The predicted octanol–water partition coefficient (Wildman–Crippen LogP) is 5.40. The molecule has 0 radical (unpaired) electrons. The Labute approximate surface area is 212 Å². The summed E-state index contributed by atoms with van der Waals surface area (Å²) in [5, 5.41) is 0. The van der Waals surface area contributed by atoms with E-state index in [0.717, 1.165) is 23.1 Å². The minimum atomic E-state index is -3.78. The van der Waals surface area contributed by atoms with Crippen LogP contribution in [0.15, 0.2) is 84.0 Å². The molecule has 0 saturated carbocycles. The first-order chi connectivity index (χ1) is 16.8. The molecule has 3 rings (SSSR count). The number of carbonyl (C=O) groups excluding carboxylic acids is 1. The highest BCUT2D eigenvalue weighted by molar-refractivity contribution is 7.89. The van der Waals surface area contributed by atoms with Crippen LogP contribution in [0.2, 0.25) is 0 Å². The van der Waals surface area contributed by atoms with Crippen LogP contribution in [0.5, 0.6) is 0 Å². The molecule has 1 aromatic heterocycles. The van der Waals surface area contributed by atoms with Crippen molar-refractivity contribution in [3.05, 3.63) is 95.8 Å². The van der Waals surface area contributed by atoms with Gasteiger partial charge >= 0.3 is 5.97 Å². The van der Waals surface area contributed by atoms with E-state index < -0.39 is 15.5 Å². The number of sulfonamides is 1. The second-order valence-electron chi connectivity index (χ2n) is 8.53. The summed E-state index contributed by atoms with van der Waals surface area (Å²) < 4.78 is 33.2. The molecule has 6 nitrogen and oxygen atoms in total. The summed E-state index contributed by atoms with van der Waals surface area (Å²) >= 11 is 6.74. The minimum Gasteiger partial charge on any atom is -0.469 e. The molecule has 3 unspecified atom stereocenters. The summed E-state index contributed by atoms with van der Waals surface area (Å²) in [4.78, 5) is 15.8.